The van der Waals surface area contributed by atoms with E-state index in [1.165, 1.54) is 0 Å². The number of likely N-dealkylation sites (N-methyl/N-ethyl adjacent to an activating group) is 1. The molecular formula is C24H29N4O3+. The summed E-state index contributed by atoms with van der Waals surface area (Å²) in [6, 6.07) is 13.1. The fourth-order valence-electron chi connectivity index (χ4n) is 4.09. The maximum absolute atomic E-state index is 9.98. The molecule has 162 valence electrons. The van der Waals surface area contributed by atoms with Gasteiger partial charge in [-0.3, -0.25) is 0 Å². The standard InChI is InChI=1S/C24H28N4O3/c1-4-27(5-2)12-13-28-15-26-24-22(23(28)25)21(16-6-9-18(30-3)10-7-16)19-11-8-17(29)14-20(19)31-24/h6-11,14-15,21,25,29H,4-5,12-13H2,1-3H3/p+1/t21-/m0/s1. The molecule has 0 unspecified atom stereocenters. The third-order valence-corrected chi connectivity index (χ3v) is 5.93. The second kappa shape index (κ2) is 8.81. The molecule has 2 aromatic carbocycles. The number of fused-ring (bicyclic) bond motifs is 2. The van der Waals surface area contributed by atoms with Gasteiger partial charge < -0.3 is 25.2 Å². The Hall–Kier alpha value is -3.32. The van der Waals surface area contributed by atoms with Crippen LogP contribution in [0.5, 0.6) is 23.1 Å². The van der Waals surface area contributed by atoms with E-state index < -0.39 is 0 Å². The van der Waals surface area contributed by atoms with Gasteiger partial charge in [0.25, 0.3) is 0 Å². The van der Waals surface area contributed by atoms with Crippen LogP contribution in [-0.4, -0.2) is 41.7 Å². The SMILES string of the molecule is CCN(CC)CC[n+]1cnc2c(c1N)[C@@H](c1ccc(OC)cc1)c1ccc(O)cc1O2. The van der Waals surface area contributed by atoms with Gasteiger partial charge >= 0.3 is 5.88 Å². The molecule has 0 saturated carbocycles. The van der Waals surface area contributed by atoms with Gasteiger partial charge in [0.05, 0.1) is 19.6 Å². The first-order valence-electron chi connectivity index (χ1n) is 10.6. The topological polar surface area (TPSA) is 84.7 Å². The van der Waals surface area contributed by atoms with Crippen LogP contribution in [0.15, 0.2) is 48.8 Å². The van der Waals surface area contributed by atoms with Crippen molar-refractivity contribution in [2.75, 3.05) is 32.5 Å². The average molecular weight is 422 g/mol. The van der Waals surface area contributed by atoms with Crippen LogP contribution in [0.1, 0.15) is 36.5 Å². The first kappa shape index (κ1) is 20.9. The maximum atomic E-state index is 9.98. The Balaban J connectivity index is 1.81. The van der Waals surface area contributed by atoms with E-state index in [0.29, 0.717) is 17.4 Å². The average Bonchev–Trinajstić information content (AvgIpc) is 2.79. The number of nitrogens with two attached hydrogens (primary N) is 1. The Labute approximate surface area is 182 Å². The molecule has 0 saturated heterocycles. The molecule has 0 bridgehead atoms. The highest BCUT2D eigenvalue weighted by Crippen LogP contribution is 2.48. The van der Waals surface area contributed by atoms with Gasteiger partial charge in [0.2, 0.25) is 12.1 Å². The molecule has 0 spiro atoms. The lowest BCUT2D eigenvalue weighted by Gasteiger charge is -2.27. The predicted octanol–water partition coefficient (Wildman–Crippen LogP) is 3.29. The quantitative estimate of drug-likeness (QED) is 0.446. The van der Waals surface area contributed by atoms with E-state index in [4.69, 9.17) is 15.2 Å². The normalized spacial score (nSPS) is 14.6. The van der Waals surface area contributed by atoms with Crippen molar-refractivity contribution in [3.63, 3.8) is 0 Å². The van der Waals surface area contributed by atoms with Crippen LogP contribution in [0.3, 0.4) is 0 Å². The Morgan fingerprint density at radius 3 is 2.58 bits per heavy atom. The molecule has 0 amide bonds. The van der Waals surface area contributed by atoms with E-state index in [1.807, 2.05) is 34.9 Å². The number of benzene rings is 2. The van der Waals surface area contributed by atoms with E-state index in [-0.39, 0.29) is 11.7 Å². The summed E-state index contributed by atoms with van der Waals surface area (Å²) in [7, 11) is 1.65. The van der Waals surface area contributed by atoms with Crippen molar-refractivity contribution in [1.82, 2.24) is 9.88 Å². The summed E-state index contributed by atoms with van der Waals surface area (Å²) in [5, 5.41) is 9.98. The lowest BCUT2D eigenvalue weighted by Crippen LogP contribution is -2.44. The van der Waals surface area contributed by atoms with Crippen molar-refractivity contribution in [3.05, 3.63) is 65.5 Å². The van der Waals surface area contributed by atoms with Gasteiger partial charge in [-0.1, -0.05) is 37.0 Å². The van der Waals surface area contributed by atoms with Crippen molar-refractivity contribution in [2.45, 2.75) is 26.3 Å². The van der Waals surface area contributed by atoms with Gasteiger partial charge in [-0.15, -0.1) is 0 Å². The number of hydrogen-bond donors (Lipinski definition) is 2. The minimum absolute atomic E-state index is 0.147. The molecule has 4 rings (SSSR count). The van der Waals surface area contributed by atoms with E-state index in [9.17, 15) is 5.11 Å². The number of aromatic hydroxyl groups is 1. The smallest absolute Gasteiger partial charge is 0.306 e. The summed E-state index contributed by atoms with van der Waals surface area (Å²) in [6.07, 6.45) is 1.73. The number of rotatable bonds is 7. The highest BCUT2D eigenvalue weighted by molar-refractivity contribution is 5.62. The molecule has 0 aliphatic carbocycles. The van der Waals surface area contributed by atoms with Gasteiger partial charge in [-0.25, -0.2) is 4.57 Å². The predicted molar refractivity (Wildman–Crippen MR) is 119 cm³/mol. The Morgan fingerprint density at radius 1 is 1.16 bits per heavy atom. The molecule has 1 atom stereocenters. The molecule has 2 heterocycles. The van der Waals surface area contributed by atoms with Crippen molar-refractivity contribution in [3.8, 4) is 23.1 Å². The van der Waals surface area contributed by atoms with Gasteiger partial charge in [0, 0.05) is 18.2 Å². The molecular weight excluding hydrogens is 392 g/mol. The Kier molecular flexibility index (Phi) is 5.95. The van der Waals surface area contributed by atoms with E-state index in [1.54, 1.807) is 25.6 Å². The van der Waals surface area contributed by atoms with E-state index >= 15 is 0 Å². The largest absolute Gasteiger partial charge is 0.508 e. The van der Waals surface area contributed by atoms with Gasteiger partial charge in [-0.2, -0.15) is 0 Å². The molecule has 1 aliphatic heterocycles. The molecule has 0 radical (unpaired) electrons. The molecule has 0 fully saturated rings. The first-order valence-corrected chi connectivity index (χ1v) is 10.6. The number of aromatic nitrogens is 2. The number of methoxy groups -OCH3 is 1. The monoisotopic (exact) mass is 421 g/mol. The van der Waals surface area contributed by atoms with E-state index in [0.717, 1.165) is 48.6 Å². The van der Waals surface area contributed by atoms with Crippen molar-refractivity contribution < 1.29 is 19.1 Å². The van der Waals surface area contributed by atoms with Gasteiger partial charge in [-0.05, 0) is 36.9 Å². The second-order valence-electron chi connectivity index (χ2n) is 7.60. The summed E-state index contributed by atoms with van der Waals surface area (Å²) < 4.78 is 13.4. The highest BCUT2D eigenvalue weighted by Gasteiger charge is 2.36. The molecule has 1 aliphatic rings. The lowest BCUT2D eigenvalue weighted by atomic mass is 9.83. The zero-order valence-electron chi connectivity index (χ0n) is 18.2. The minimum Gasteiger partial charge on any atom is -0.508 e. The number of nitrogen functional groups attached to an aromatic ring is 1. The minimum atomic E-state index is -0.168. The molecule has 3 aromatic rings. The zero-order chi connectivity index (χ0) is 22.0. The second-order valence-corrected chi connectivity index (χ2v) is 7.60. The highest BCUT2D eigenvalue weighted by atomic mass is 16.5. The third-order valence-electron chi connectivity index (χ3n) is 5.93. The number of anilines is 1. The molecule has 31 heavy (non-hydrogen) atoms. The first-order chi connectivity index (χ1) is 15.0. The van der Waals surface area contributed by atoms with Crippen molar-refractivity contribution in [2.24, 2.45) is 0 Å². The van der Waals surface area contributed by atoms with Crippen LogP contribution in [-0.2, 0) is 6.54 Å². The van der Waals surface area contributed by atoms with Gasteiger partial charge in [0.15, 0.2) is 0 Å². The number of nitrogens with zero attached hydrogens (tertiary/aromatic N) is 3. The fraction of sp³-hybridized carbons (Fsp3) is 0.333. The maximum Gasteiger partial charge on any atom is 0.306 e. The number of phenols is 1. The van der Waals surface area contributed by atoms with Crippen LogP contribution < -0.4 is 19.8 Å². The summed E-state index contributed by atoms with van der Waals surface area (Å²) in [5.41, 5.74) is 9.52. The van der Waals surface area contributed by atoms with Crippen LogP contribution >= 0.6 is 0 Å². The van der Waals surface area contributed by atoms with Crippen LogP contribution in [0.2, 0.25) is 0 Å². The van der Waals surface area contributed by atoms with Crippen LogP contribution in [0.25, 0.3) is 0 Å². The van der Waals surface area contributed by atoms with E-state index in [2.05, 4.69) is 23.7 Å². The van der Waals surface area contributed by atoms with Crippen LogP contribution in [0, 0.1) is 0 Å². The third kappa shape index (κ3) is 4.01. The molecule has 3 N–H and O–H groups in total. The Bertz CT molecular complexity index is 1070. The van der Waals surface area contributed by atoms with Crippen LogP contribution in [0.4, 0.5) is 5.82 Å². The number of hydrogen-bond acceptors (Lipinski definition) is 6. The summed E-state index contributed by atoms with van der Waals surface area (Å²) in [5.74, 6) is 2.45. The summed E-state index contributed by atoms with van der Waals surface area (Å²) in [6.45, 7) is 7.92. The number of ether oxygens (including phenoxy) is 2. The molecule has 7 nitrogen and oxygen atoms in total. The van der Waals surface area contributed by atoms with Gasteiger partial charge in [0.1, 0.15) is 22.8 Å². The number of phenolic OH excluding ortho intramolecular Hbond substituents is 1. The van der Waals surface area contributed by atoms with Crippen molar-refractivity contribution >= 4 is 5.82 Å². The summed E-state index contributed by atoms with van der Waals surface area (Å²) >= 11 is 0. The summed E-state index contributed by atoms with van der Waals surface area (Å²) in [4.78, 5) is 6.93. The fourth-order valence-corrected chi connectivity index (χ4v) is 4.09. The zero-order valence-corrected chi connectivity index (χ0v) is 18.2. The molecule has 1 aromatic heterocycles. The van der Waals surface area contributed by atoms with Crippen molar-refractivity contribution in [1.29, 1.82) is 0 Å². The lowest BCUT2D eigenvalue weighted by molar-refractivity contribution is -0.685. The molecule has 7 heteroatoms. The Morgan fingerprint density at radius 2 is 1.90 bits per heavy atom.